The molecule has 4 nitrogen and oxygen atoms in total. The number of benzene rings is 1. The highest BCUT2D eigenvalue weighted by Gasteiger charge is 2.35. The average Bonchev–Trinajstić information content (AvgIpc) is 2.21. The highest BCUT2D eigenvalue weighted by atomic mass is 79.9. The van der Waals surface area contributed by atoms with Gasteiger partial charge in [0.1, 0.15) is 11.8 Å². The van der Waals surface area contributed by atoms with Crippen LogP contribution >= 0.6 is 15.9 Å². The Balaban J connectivity index is 3.22. The number of carboxylic acids is 1. The van der Waals surface area contributed by atoms with E-state index in [9.17, 15) is 23.1 Å². The second-order valence-electron chi connectivity index (χ2n) is 3.61. The molecule has 1 aromatic rings. The first-order chi connectivity index (χ1) is 8.12. The van der Waals surface area contributed by atoms with E-state index in [1.165, 1.54) is 6.07 Å². The fourth-order valence-corrected chi connectivity index (χ4v) is 1.86. The Hall–Kier alpha value is -1.28. The van der Waals surface area contributed by atoms with Crippen LogP contribution in [0.1, 0.15) is 11.1 Å². The van der Waals surface area contributed by atoms with Crippen molar-refractivity contribution < 1.29 is 28.2 Å². The number of carboxylic acid groups (broad SMARTS) is 1. The summed E-state index contributed by atoms with van der Waals surface area (Å²) in [7, 11) is 0. The van der Waals surface area contributed by atoms with Crippen molar-refractivity contribution in [1.29, 1.82) is 0 Å². The van der Waals surface area contributed by atoms with Crippen LogP contribution in [0.15, 0.2) is 16.6 Å². The van der Waals surface area contributed by atoms with Crippen LogP contribution in [0.2, 0.25) is 0 Å². The maximum Gasteiger partial charge on any atom is 0.420 e. The number of alkyl halides is 3. The van der Waals surface area contributed by atoms with Gasteiger partial charge in [-0.15, -0.1) is 0 Å². The number of phenolic OH excluding ortho intramolecular Hbond substituents is 1. The molecular formula is C10H9BrF3NO3. The SMILES string of the molecule is NC(Cc1cc(Br)cc(C(F)(F)F)c1O)C(=O)O. The van der Waals surface area contributed by atoms with E-state index in [-0.39, 0.29) is 10.0 Å². The summed E-state index contributed by atoms with van der Waals surface area (Å²) >= 11 is 2.87. The van der Waals surface area contributed by atoms with Crippen LogP contribution in [0.3, 0.4) is 0 Å². The molecule has 8 heteroatoms. The molecule has 100 valence electrons. The highest BCUT2D eigenvalue weighted by molar-refractivity contribution is 9.10. The van der Waals surface area contributed by atoms with E-state index in [0.717, 1.165) is 0 Å². The van der Waals surface area contributed by atoms with Crippen molar-refractivity contribution >= 4 is 21.9 Å². The lowest BCUT2D eigenvalue weighted by atomic mass is 10.0. The van der Waals surface area contributed by atoms with Crippen molar-refractivity contribution in [3.63, 3.8) is 0 Å². The van der Waals surface area contributed by atoms with Gasteiger partial charge in [-0.1, -0.05) is 15.9 Å². The van der Waals surface area contributed by atoms with Crippen molar-refractivity contribution in [1.82, 2.24) is 0 Å². The average molecular weight is 328 g/mol. The largest absolute Gasteiger partial charge is 0.507 e. The molecule has 1 rings (SSSR count). The number of hydrogen-bond acceptors (Lipinski definition) is 3. The highest BCUT2D eigenvalue weighted by Crippen LogP contribution is 2.39. The minimum Gasteiger partial charge on any atom is -0.507 e. The van der Waals surface area contributed by atoms with E-state index in [4.69, 9.17) is 10.8 Å². The van der Waals surface area contributed by atoms with Crippen LogP contribution in [-0.2, 0) is 17.4 Å². The van der Waals surface area contributed by atoms with Crippen molar-refractivity contribution in [2.45, 2.75) is 18.6 Å². The Kier molecular flexibility index (Phi) is 4.23. The monoisotopic (exact) mass is 327 g/mol. The zero-order valence-corrected chi connectivity index (χ0v) is 10.4. The molecule has 0 bridgehead atoms. The van der Waals surface area contributed by atoms with Gasteiger partial charge in [-0.3, -0.25) is 4.79 Å². The maximum absolute atomic E-state index is 12.6. The molecule has 18 heavy (non-hydrogen) atoms. The Morgan fingerprint density at radius 3 is 2.44 bits per heavy atom. The predicted molar refractivity (Wildman–Crippen MR) is 60.1 cm³/mol. The summed E-state index contributed by atoms with van der Waals surface area (Å²) in [6.45, 7) is 0. The van der Waals surface area contributed by atoms with Crippen molar-refractivity contribution in [3.05, 3.63) is 27.7 Å². The number of carbonyl (C=O) groups is 1. The minimum atomic E-state index is -4.73. The van der Waals surface area contributed by atoms with Crippen LogP contribution in [0.5, 0.6) is 5.75 Å². The summed E-state index contributed by atoms with van der Waals surface area (Å²) in [5.74, 6) is -2.36. The Morgan fingerprint density at radius 2 is 2.00 bits per heavy atom. The molecule has 0 heterocycles. The standard InChI is InChI=1S/C10H9BrF3NO3/c11-5-1-4(2-7(15)9(17)18)8(16)6(3-5)10(12,13)14/h1,3,7,16H,2,15H2,(H,17,18). The van der Waals surface area contributed by atoms with Gasteiger partial charge in [0, 0.05) is 10.9 Å². The quantitative estimate of drug-likeness (QED) is 0.794. The van der Waals surface area contributed by atoms with E-state index in [2.05, 4.69) is 15.9 Å². The third-order valence-electron chi connectivity index (χ3n) is 2.22. The third-order valence-corrected chi connectivity index (χ3v) is 2.67. The summed E-state index contributed by atoms with van der Waals surface area (Å²) in [6.07, 6.45) is -5.13. The number of aliphatic carboxylic acids is 1. The van der Waals surface area contributed by atoms with Gasteiger partial charge < -0.3 is 15.9 Å². The molecule has 0 saturated carbocycles. The fourth-order valence-electron chi connectivity index (χ4n) is 1.35. The lowest BCUT2D eigenvalue weighted by Crippen LogP contribution is -2.32. The van der Waals surface area contributed by atoms with Crippen LogP contribution in [0.4, 0.5) is 13.2 Å². The lowest BCUT2D eigenvalue weighted by Gasteiger charge is -2.14. The predicted octanol–water partition coefficient (Wildman–Crippen LogP) is 2.13. The molecule has 0 amide bonds. The number of hydrogen-bond donors (Lipinski definition) is 3. The fraction of sp³-hybridized carbons (Fsp3) is 0.300. The van der Waals surface area contributed by atoms with Gasteiger partial charge in [-0.25, -0.2) is 0 Å². The summed E-state index contributed by atoms with van der Waals surface area (Å²) < 4.78 is 37.8. The van der Waals surface area contributed by atoms with Crippen LogP contribution in [0.25, 0.3) is 0 Å². The molecule has 0 aliphatic rings. The summed E-state index contributed by atoms with van der Waals surface area (Å²) in [5, 5.41) is 18.1. The third kappa shape index (κ3) is 3.36. The van der Waals surface area contributed by atoms with E-state index in [0.29, 0.717) is 6.07 Å². The molecular weight excluding hydrogens is 319 g/mol. The van der Waals surface area contributed by atoms with E-state index < -0.39 is 35.9 Å². The second-order valence-corrected chi connectivity index (χ2v) is 4.52. The molecule has 0 radical (unpaired) electrons. The molecule has 0 fully saturated rings. The number of aromatic hydroxyl groups is 1. The maximum atomic E-state index is 12.6. The zero-order chi connectivity index (χ0) is 14.1. The summed E-state index contributed by atoms with van der Waals surface area (Å²) in [5.41, 5.74) is 3.81. The first kappa shape index (κ1) is 14.8. The normalized spacial score (nSPS) is 13.4. The number of halogens is 4. The number of nitrogens with two attached hydrogens (primary N) is 1. The van der Waals surface area contributed by atoms with Gasteiger partial charge in [0.15, 0.2) is 0 Å². The Morgan fingerprint density at radius 1 is 1.44 bits per heavy atom. The molecule has 0 aromatic heterocycles. The van der Waals surface area contributed by atoms with Crippen LogP contribution in [0, 0.1) is 0 Å². The van der Waals surface area contributed by atoms with E-state index in [1.807, 2.05) is 0 Å². The van der Waals surface area contributed by atoms with E-state index >= 15 is 0 Å². The van der Waals surface area contributed by atoms with Crippen molar-refractivity contribution in [2.75, 3.05) is 0 Å². The van der Waals surface area contributed by atoms with Crippen LogP contribution in [-0.4, -0.2) is 22.2 Å². The molecule has 0 spiro atoms. The first-order valence-corrected chi connectivity index (χ1v) is 5.49. The topological polar surface area (TPSA) is 83.5 Å². The summed E-state index contributed by atoms with van der Waals surface area (Å²) in [4.78, 5) is 10.5. The smallest absolute Gasteiger partial charge is 0.420 e. The molecule has 0 saturated heterocycles. The van der Waals surface area contributed by atoms with Gasteiger partial charge in [-0.2, -0.15) is 13.2 Å². The molecule has 0 aliphatic heterocycles. The Bertz CT molecular complexity index is 476. The molecule has 1 aromatic carbocycles. The van der Waals surface area contributed by atoms with Gasteiger partial charge in [-0.05, 0) is 17.7 Å². The molecule has 0 aliphatic carbocycles. The number of phenols is 1. The second kappa shape index (κ2) is 5.15. The van der Waals surface area contributed by atoms with Gasteiger partial charge in [0.25, 0.3) is 0 Å². The van der Waals surface area contributed by atoms with Crippen molar-refractivity contribution in [3.8, 4) is 5.75 Å². The molecule has 1 unspecified atom stereocenters. The Labute approximate surface area is 108 Å². The molecule has 1 atom stereocenters. The van der Waals surface area contributed by atoms with Gasteiger partial charge in [0.05, 0.1) is 5.56 Å². The minimum absolute atomic E-state index is 0.0835. The number of rotatable bonds is 3. The van der Waals surface area contributed by atoms with Gasteiger partial charge >= 0.3 is 12.1 Å². The lowest BCUT2D eigenvalue weighted by molar-refractivity contribution is -0.139. The summed E-state index contributed by atoms with van der Waals surface area (Å²) in [6, 6.07) is 0.532. The van der Waals surface area contributed by atoms with Crippen LogP contribution < -0.4 is 5.73 Å². The van der Waals surface area contributed by atoms with Gasteiger partial charge in [0.2, 0.25) is 0 Å². The van der Waals surface area contributed by atoms with Crippen molar-refractivity contribution in [2.24, 2.45) is 5.73 Å². The first-order valence-electron chi connectivity index (χ1n) is 4.70. The van der Waals surface area contributed by atoms with E-state index in [1.54, 1.807) is 0 Å². The zero-order valence-electron chi connectivity index (χ0n) is 8.83. The molecule has 4 N–H and O–H groups in total.